The Morgan fingerprint density at radius 1 is 1.41 bits per heavy atom. The van der Waals surface area contributed by atoms with Gasteiger partial charge < -0.3 is 9.84 Å². The second-order valence-electron chi connectivity index (χ2n) is 3.83. The van der Waals surface area contributed by atoms with Crippen LogP contribution in [0.3, 0.4) is 0 Å². The Kier molecular flexibility index (Phi) is 3.91. The summed E-state index contributed by atoms with van der Waals surface area (Å²) in [5.41, 5.74) is 2.10. The van der Waals surface area contributed by atoms with Crippen LogP contribution in [-0.4, -0.2) is 23.7 Å². The number of hydrogen-bond acceptors (Lipinski definition) is 4. The molecule has 0 amide bonds. The minimum Gasteiger partial charge on any atom is -0.334 e. The molecule has 17 heavy (non-hydrogen) atoms. The van der Waals surface area contributed by atoms with Crippen molar-refractivity contribution in [1.82, 2.24) is 15.5 Å². The van der Waals surface area contributed by atoms with Gasteiger partial charge in [-0.05, 0) is 37.7 Å². The normalized spacial score (nSPS) is 10.8. The SMILES string of the molecule is CNCCc1noc(-c2ccc(Br)cc2C)n1. The first-order chi connectivity index (χ1) is 8.20. The molecule has 1 aromatic heterocycles. The van der Waals surface area contributed by atoms with Gasteiger partial charge in [-0.25, -0.2) is 0 Å². The molecule has 2 rings (SSSR count). The molecule has 0 aliphatic carbocycles. The minimum atomic E-state index is 0.584. The summed E-state index contributed by atoms with van der Waals surface area (Å²) >= 11 is 3.43. The molecule has 0 unspecified atom stereocenters. The molecule has 0 aliphatic heterocycles. The Labute approximate surface area is 109 Å². The third kappa shape index (κ3) is 2.92. The van der Waals surface area contributed by atoms with Crippen LogP contribution in [0.1, 0.15) is 11.4 Å². The number of nitrogens with zero attached hydrogens (tertiary/aromatic N) is 2. The smallest absolute Gasteiger partial charge is 0.258 e. The molecule has 0 fully saturated rings. The Balaban J connectivity index is 2.24. The maximum atomic E-state index is 5.26. The Morgan fingerprint density at radius 3 is 2.94 bits per heavy atom. The standard InChI is InChI=1S/C12H14BrN3O/c1-8-7-9(13)3-4-10(8)12-15-11(16-17-12)5-6-14-2/h3-4,7,14H,5-6H2,1-2H3. The first-order valence-electron chi connectivity index (χ1n) is 5.44. The van der Waals surface area contributed by atoms with E-state index in [1.165, 1.54) is 0 Å². The van der Waals surface area contributed by atoms with Crippen LogP contribution in [0.15, 0.2) is 27.2 Å². The summed E-state index contributed by atoms with van der Waals surface area (Å²) < 4.78 is 6.31. The van der Waals surface area contributed by atoms with E-state index in [-0.39, 0.29) is 0 Å². The molecule has 0 atom stereocenters. The Bertz CT molecular complexity index is 510. The van der Waals surface area contributed by atoms with Crippen LogP contribution < -0.4 is 5.32 Å². The molecule has 0 saturated heterocycles. The second-order valence-corrected chi connectivity index (χ2v) is 4.74. The van der Waals surface area contributed by atoms with E-state index < -0.39 is 0 Å². The van der Waals surface area contributed by atoms with Crippen molar-refractivity contribution in [2.45, 2.75) is 13.3 Å². The number of halogens is 1. The summed E-state index contributed by atoms with van der Waals surface area (Å²) in [6.07, 6.45) is 0.773. The highest BCUT2D eigenvalue weighted by molar-refractivity contribution is 9.10. The lowest BCUT2D eigenvalue weighted by Gasteiger charge is -2.00. The van der Waals surface area contributed by atoms with Crippen molar-refractivity contribution in [3.05, 3.63) is 34.1 Å². The summed E-state index contributed by atoms with van der Waals surface area (Å²) in [7, 11) is 1.90. The van der Waals surface area contributed by atoms with Gasteiger partial charge in [0.05, 0.1) is 0 Å². The van der Waals surface area contributed by atoms with Crippen LogP contribution >= 0.6 is 15.9 Å². The van der Waals surface area contributed by atoms with Crippen molar-refractivity contribution >= 4 is 15.9 Å². The van der Waals surface area contributed by atoms with E-state index in [0.29, 0.717) is 5.89 Å². The number of aromatic nitrogens is 2. The van der Waals surface area contributed by atoms with E-state index in [4.69, 9.17) is 4.52 Å². The van der Waals surface area contributed by atoms with Crippen LogP contribution in [0.25, 0.3) is 11.5 Å². The molecule has 90 valence electrons. The van der Waals surface area contributed by atoms with Gasteiger partial charge in [0.15, 0.2) is 5.82 Å². The molecule has 1 N–H and O–H groups in total. The van der Waals surface area contributed by atoms with E-state index in [0.717, 1.165) is 34.4 Å². The molecule has 0 spiro atoms. The third-order valence-electron chi connectivity index (χ3n) is 2.49. The van der Waals surface area contributed by atoms with Gasteiger partial charge in [0, 0.05) is 23.0 Å². The number of likely N-dealkylation sites (N-methyl/N-ethyl adjacent to an activating group) is 1. The van der Waals surface area contributed by atoms with Crippen LogP contribution in [0.2, 0.25) is 0 Å². The summed E-state index contributed by atoms with van der Waals surface area (Å²) in [4.78, 5) is 4.38. The monoisotopic (exact) mass is 295 g/mol. The molecule has 0 saturated carbocycles. The summed E-state index contributed by atoms with van der Waals surface area (Å²) in [6, 6.07) is 5.99. The van der Waals surface area contributed by atoms with E-state index in [1.54, 1.807) is 0 Å². The fourth-order valence-electron chi connectivity index (χ4n) is 1.57. The zero-order valence-electron chi connectivity index (χ0n) is 9.83. The van der Waals surface area contributed by atoms with Gasteiger partial charge in [-0.1, -0.05) is 21.1 Å². The average molecular weight is 296 g/mol. The highest BCUT2D eigenvalue weighted by atomic mass is 79.9. The van der Waals surface area contributed by atoms with Crippen molar-refractivity contribution in [1.29, 1.82) is 0 Å². The highest BCUT2D eigenvalue weighted by Crippen LogP contribution is 2.24. The fourth-order valence-corrected chi connectivity index (χ4v) is 2.04. The van der Waals surface area contributed by atoms with E-state index in [2.05, 4.69) is 31.4 Å². The fraction of sp³-hybridized carbons (Fsp3) is 0.333. The summed E-state index contributed by atoms with van der Waals surface area (Å²) in [5, 5.41) is 7.01. The van der Waals surface area contributed by atoms with Crippen molar-refractivity contribution in [2.75, 3.05) is 13.6 Å². The first-order valence-corrected chi connectivity index (χ1v) is 6.23. The van der Waals surface area contributed by atoms with Gasteiger partial charge in [-0.15, -0.1) is 0 Å². The van der Waals surface area contributed by atoms with Crippen molar-refractivity contribution < 1.29 is 4.52 Å². The van der Waals surface area contributed by atoms with E-state index >= 15 is 0 Å². The molecule has 2 aromatic rings. The molecule has 0 aliphatic rings. The number of nitrogens with one attached hydrogen (secondary N) is 1. The summed E-state index contributed by atoms with van der Waals surface area (Å²) in [6.45, 7) is 2.87. The molecule has 1 aromatic carbocycles. The predicted molar refractivity (Wildman–Crippen MR) is 69.8 cm³/mol. The zero-order chi connectivity index (χ0) is 12.3. The van der Waals surface area contributed by atoms with Gasteiger partial charge in [-0.3, -0.25) is 0 Å². The lowest BCUT2D eigenvalue weighted by atomic mass is 10.1. The molecule has 1 heterocycles. The number of aryl methyl sites for hydroxylation is 1. The van der Waals surface area contributed by atoms with E-state index in [1.807, 2.05) is 32.2 Å². The van der Waals surface area contributed by atoms with Gasteiger partial charge >= 0.3 is 0 Å². The lowest BCUT2D eigenvalue weighted by Crippen LogP contribution is -2.11. The van der Waals surface area contributed by atoms with Gasteiger partial charge in [0.2, 0.25) is 0 Å². The lowest BCUT2D eigenvalue weighted by molar-refractivity contribution is 0.422. The van der Waals surface area contributed by atoms with Crippen LogP contribution in [0, 0.1) is 6.92 Å². The van der Waals surface area contributed by atoms with Crippen LogP contribution in [0.5, 0.6) is 0 Å². The minimum absolute atomic E-state index is 0.584. The van der Waals surface area contributed by atoms with Crippen LogP contribution in [0.4, 0.5) is 0 Å². The molecular weight excluding hydrogens is 282 g/mol. The molecule has 4 nitrogen and oxygen atoms in total. The number of hydrogen-bond donors (Lipinski definition) is 1. The highest BCUT2D eigenvalue weighted by Gasteiger charge is 2.10. The van der Waals surface area contributed by atoms with E-state index in [9.17, 15) is 0 Å². The topological polar surface area (TPSA) is 51.0 Å². The van der Waals surface area contributed by atoms with Crippen molar-refractivity contribution in [3.8, 4) is 11.5 Å². The molecule has 0 radical (unpaired) electrons. The predicted octanol–water partition coefficient (Wildman–Crippen LogP) is 2.57. The molecule has 0 bridgehead atoms. The second kappa shape index (κ2) is 5.42. The maximum Gasteiger partial charge on any atom is 0.258 e. The largest absolute Gasteiger partial charge is 0.334 e. The van der Waals surface area contributed by atoms with Gasteiger partial charge in [-0.2, -0.15) is 4.98 Å². The maximum absolute atomic E-state index is 5.26. The van der Waals surface area contributed by atoms with Crippen molar-refractivity contribution in [3.63, 3.8) is 0 Å². The Hall–Kier alpha value is -1.20. The summed E-state index contributed by atoms with van der Waals surface area (Å²) in [5.74, 6) is 1.32. The number of rotatable bonds is 4. The quantitative estimate of drug-likeness (QED) is 0.942. The molecular formula is C12H14BrN3O. The van der Waals surface area contributed by atoms with Gasteiger partial charge in [0.25, 0.3) is 5.89 Å². The molecule has 5 heteroatoms. The first kappa shape index (κ1) is 12.3. The van der Waals surface area contributed by atoms with Crippen molar-refractivity contribution in [2.24, 2.45) is 0 Å². The Morgan fingerprint density at radius 2 is 2.24 bits per heavy atom. The number of benzene rings is 1. The third-order valence-corrected chi connectivity index (χ3v) is 2.98. The van der Waals surface area contributed by atoms with Crippen LogP contribution in [-0.2, 0) is 6.42 Å². The average Bonchev–Trinajstić information content (AvgIpc) is 2.75. The van der Waals surface area contributed by atoms with Gasteiger partial charge in [0.1, 0.15) is 0 Å². The zero-order valence-corrected chi connectivity index (χ0v) is 11.4.